The van der Waals surface area contributed by atoms with Gasteiger partial charge in [0.2, 0.25) is 0 Å². The molecule has 0 unspecified atom stereocenters. The molecule has 10 nitrogen and oxygen atoms in total. The number of allylic oxidation sites excluding steroid dienone is 1. The quantitative estimate of drug-likeness (QED) is 0.537. The van der Waals surface area contributed by atoms with E-state index in [0.29, 0.717) is 38.0 Å². The summed E-state index contributed by atoms with van der Waals surface area (Å²) in [5.41, 5.74) is 8.27. The number of amides is 2. The maximum absolute atomic E-state index is 13.0. The Morgan fingerprint density at radius 1 is 1.11 bits per heavy atom. The predicted molar refractivity (Wildman–Crippen MR) is 133 cm³/mol. The number of fused-ring (bicyclic) bond motifs is 5. The Hall–Kier alpha value is -3.15. The zero-order chi connectivity index (χ0) is 24.5. The SMILES string of the molecule is NC1=C(C=NC2CCOCC2)NC(=O)c2csc(n2)-c2ccnc(c2)CCCCOCCNC1=O. The van der Waals surface area contributed by atoms with Gasteiger partial charge in [0.05, 0.1) is 18.3 Å². The number of ether oxygens (including phenoxy) is 2. The van der Waals surface area contributed by atoms with Gasteiger partial charge in [-0.05, 0) is 44.2 Å². The number of aromatic nitrogens is 2. The molecule has 4 heterocycles. The largest absolute Gasteiger partial charge is 0.393 e. The van der Waals surface area contributed by atoms with Gasteiger partial charge in [-0.25, -0.2) is 4.98 Å². The molecule has 2 aliphatic rings. The fourth-order valence-electron chi connectivity index (χ4n) is 3.69. The van der Waals surface area contributed by atoms with E-state index in [1.54, 1.807) is 11.6 Å². The molecule has 0 spiro atoms. The Kier molecular flexibility index (Phi) is 8.93. The average molecular weight is 499 g/mol. The number of aryl methyl sites for hydroxylation is 1. The minimum atomic E-state index is -0.499. The topological polar surface area (TPSA) is 141 Å². The highest BCUT2D eigenvalue weighted by Gasteiger charge is 2.19. The van der Waals surface area contributed by atoms with Gasteiger partial charge in [-0.3, -0.25) is 19.6 Å². The lowest BCUT2D eigenvalue weighted by Crippen LogP contribution is -2.36. The molecule has 0 aliphatic carbocycles. The molecule has 4 N–H and O–H groups in total. The lowest BCUT2D eigenvalue weighted by molar-refractivity contribution is -0.117. The Labute approximate surface area is 208 Å². The number of hydrogen-bond acceptors (Lipinski definition) is 9. The number of nitrogens with zero attached hydrogens (tertiary/aromatic N) is 3. The van der Waals surface area contributed by atoms with E-state index in [4.69, 9.17) is 15.2 Å². The molecule has 4 bridgehead atoms. The summed E-state index contributed by atoms with van der Waals surface area (Å²) >= 11 is 1.37. The van der Waals surface area contributed by atoms with Gasteiger partial charge >= 0.3 is 0 Å². The van der Waals surface area contributed by atoms with Crippen molar-refractivity contribution < 1.29 is 19.1 Å². The predicted octanol–water partition coefficient (Wildman–Crippen LogP) is 1.82. The third-order valence-electron chi connectivity index (χ3n) is 5.69. The fourth-order valence-corrected chi connectivity index (χ4v) is 4.49. The summed E-state index contributed by atoms with van der Waals surface area (Å²) in [6.45, 7) is 2.52. The van der Waals surface area contributed by atoms with E-state index in [-0.39, 0.29) is 23.1 Å². The highest BCUT2D eigenvalue weighted by molar-refractivity contribution is 7.13. The van der Waals surface area contributed by atoms with Crippen molar-refractivity contribution in [2.75, 3.05) is 33.0 Å². The number of nitrogens with one attached hydrogen (secondary N) is 2. The molecule has 4 rings (SSSR count). The smallest absolute Gasteiger partial charge is 0.275 e. The zero-order valence-corrected chi connectivity index (χ0v) is 20.3. The van der Waals surface area contributed by atoms with Crippen LogP contribution in [0.15, 0.2) is 40.1 Å². The molecular formula is C24H30N6O4S. The summed E-state index contributed by atoms with van der Waals surface area (Å²) in [6.07, 6.45) is 7.40. The van der Waals surface area contributed by atoms with Gasteiger partial charge in [-0.15, -0.1) is 11.3 Å². The van der Waals surface area contributed by atoms with Gasteiger partial charge in [0.25, 0.3) is 11.8 Å². The van der Waals surface area contributed by atoms with E-state index in [1.807, 2.05) is 12.1 Å². The highest BCUT2D eigenvalue weighted by Crippen LogP contribution is 2.24. The van der Waals surface area contributed by atoms with Crippen LogP contribution in [0.25, 0.3) is 10.6 Å². The van der Waals surface area contributed by atoms with Crippen LogP contribution in [-0.2, 0) is 20.7 Å². The summed E-state index contributed by atoms with van der Waals surface area (Å²) < 4.78 is 11.0. The van der Waals surface area contributed by atoms with Crippen LogP contribution in [0.2, 0.25) is 0 Å². The summed E-state index contributed by atoms with van der Waals surface area (Å²) in [5, 5.41) is 7.86. The minimum Gasteiger partial charge on any atom is -0.393 e. The van der Waals surface area contributed by atoms with E-state index in [2.05, 4.69) is 25.6 Å². The number of aliphatic imine (C=N–C) groups is 1. The lowest BCUT2D eigenvalue weighted by atomic mass is 10.1. The normalized spacial score (nSPS) is 19.5. The van der Waals surface area contributed by atoms with Crippen molar-refractivity contribution in [2.45, 2.75) is 38.1 Å². The molecule has 35 heavy (non-hydrogen) atoms. The Bertz CT molecular complexity index is 1090. The molecule has 2 aliphatic heterocycles. The van der Waals surface area contributed by atoms with Gasteiger partial charge < -0.3 is 25.8 Å². The molecular weight excluding hydrogens is 468 g/mol. The van der Waals surface area contributed by atoms with Gasteiger partial charge in [0.15, 0.2) is 0 Å². The summed E-state index contributed by atoms with van der Waals surface area (Å²) in [7, 11) is 0. The van der Waals surface area contributed by atoms with Crippen molar-refractivity contribution in [3.05, 3.63) is 46.5 Å². The maximum Gasteiger partial charge on any atom is 0.275 e. The number of nitrogens with two attached hydrogens (primary N) is 1. The van der Waals surface area contributed by atoms with Crippen molar-refractivity contribution in [3.8, 4) is 10.6 Å². The highest BCUT2D eigenvalue weighted by atomic mass is 32.1. The number of pyridine rings is 1. The van der Waals surface area contributed by atoms with Crippen molar-refractivity contribution in [2.24, 2.45) is 10.7 Å². The van der Waals surface area contributed by atoms with Gasteiger partial charge in [-0.1, -0.05) is 0 Å². The number of hydrogen-bond donors (Lipinski definition) is 3. The second kappa shape index (κ2) is 12.5. The second-order valence-corrected chi connectivity index (χ2v) is 9.16. The monoisotopic (exact) mass is 498 g/mol. The van der Waals surface area contributed by atoms with Crippen molar-refractivity contribution in [1.82, 2.24) is 20.6 Å². The lowest BCUT2D eigenvalue weighted by Gasteiger charge is -2.18. The third-order valence-corrected chi connectivity index (χ3v) is 6.58. The molecule has 1 fully saturated rings. The second-order valence-electron chi connectivity index (χ2n) is 8.30. The van der Waals surface area contributed by atoms with E-state index >= 15 is 0 Å². The van der Waals surface area contributed by atoms with Crippen LogP contribution in [-0.4, -0.2) is 67.0 Å². The molecule has 1 saturated heterocycles. The van der Waals surface area contributed by atoms with Crippen LogP contribution in [0.3, 0.4) is 0 Å². The van der Waals surface area contributed by atoms with Crippen LogP contribution in [0.1, 0.15) is 41.9 Å². The fraction of sp³-hybridized carbons (Fsp3) is 0.458. The molecule has 0 saturated carbocycles. The average Bonchev–Trinajstić information content (AvgIpc) is 3.38. The molecule has 0 radical (unpaired) electrons. The molecule has 2 aromatic heterocycles. The number of thiazole rings is 1. The Morgan fingerprint density at radius 3 is 2.80 bits per heavy atom. The van der Waals surface area contributed by atoms with E-state index in [0.717, 1.165) is 43.4 Å². The van der Waals surface area contributed by atoms with Crippen LogP contribution >= 0.6 is 11.3 Å². The van der Waals surface area contributed by atoms with Gasteiger partial charge in [0, 0.05) is 55.4 Å². The van der Waals surface area contributed by atoms with Crippen LogP contribution < -0.4 is 16.4 Å². The standard InChI is InChI=1S/C24H30N6O4S/c25-21-19(14-28-17-5-10-34-11-6-17)29-22(31)20-15-35-24(30-20)16-4-7-26-18(13-16)3-1-2-9-33-12-8-27-23(21)32/h4,7,13-15,17H,1-3,5-6,8-12,25H2,(H,27,32)(H,29,31). The first-order chi connectivity index (χ1) is 17.1. The summed E-state index contributed by atoms with van der Waals surface area (Å²) in [6, 6.07) is 3.92. The zero-order valence-electron chi connectivity index (χ0n) is 19.5. The number of rotatable bonds is 2. The molecule has 11 heteroatoms. The molecule has 0 aromatic carbocycles. The van der Waals surface area contributed by atoms with Crippen molar-refractivity contribution in [3.63, 3.8) is 0 Å². The summed E-state index contributed by atoms with van der Waals surface area (Å²) in [5.74, 6) is -0.964. The molecule has 186 valence electrons. The summed E-state index contributed by atoms with van der Waals surface area (Å²) in [4.78, 5) is 39.1. The third kappa shape index (κ3) is 7.17. The first kappa shape index (κ1) is 25.0. The van der Waals surface area contributed by atoms with E-state index < -0.39 is 11.8 Å². The van der Waals surface area contributed by atoms with E-state index in [1.165, 1.54) is 17.6 Å². The number of carbonyl (C=O) groups is 2. The minimum absolute atomic E-state index is 0.0427. The van der Waals surface area contributed by atoms with Crippen LogP contribution in [0.4, 0.5) is 0 Å². The van der Waals surface area contributed by atoms with Crippen molar-refractivity contribution >= 4 is 29.4 Å². The number of carbonyl (C=O) groups excluding carboxylic acids is 2. The first-order valence-electron chi connectivity index (χ1n) is 11.8. The van der Waals surface area contributed by atoms with Crippen LogP contribution in [0, 0.1) is 0 Å². The Morgan fingerprint density at radius 2 is 1.94 bits per heavy atom. The van der Waals surface area contributed by atoms with Gasteiger partial charge in [-0.2, -0.15) is 0 Å². The molecule has 2 aromatic rings. The van der Waals surface area contributed by atoms with E-state index in [9.17, 15) is 9.59 Å². The first-order valence-corrected chi connectivity index (χ1v) is 12.7. The Balaban J connectivity index is 1.59. The van der Waals surface area contributed by atoms with Gasteiger partial charge in [0.1, 0.15) is 16.4 Å². The van der Waals surface area contributed by atoms with Crippen molar-refractivity contribution in [1.29, 1.82) is 0 Å². The molecule has 2 amide bonds. The van der Waals surface area contributed by atoms with Crippen LogP contribution in [0.5, 0.6) is 0 Å². The molecule has 0 atom stereocenters. The maximum atomic E-state index is 13.0.